The van der Waals surface area contributed by atoms with Crippen LogP contribution in [-0.2, 0) is 4.74 Å². The van der Waals surface area contributed by atoms with Crippen molar-refractivity contribution in [1.82, 2.24) is 20.4 Å². The minimum Gasteiger partial charge on any atom is -0.373 e. The summed E-state index contributed by atoms with van der Waals surface area (Å²) < 4.78 is 5.82. The van der Waals surface area contributed by atoms with E-state index in [-0.39, 0.29) is 29.6 Å². The van der Waals surface area contributed by atoms with Gasteiger partial charge in [-0.3, -0.25) is 4.99 Å². The van der Waals surface area contributed by atoms with Crippen LogP contribution in [0.5, 0.6) is 0 Å². The zero-order valence-electron chi connectivity index (χ0n) is 15.6. The molecule has 0 aromatic rings. The molecule has 0 radical (unpaired) electrons. The summed E-state index contributed by atoms with van der Waals surface area (Å²) in [6.07, 6.45) is 3.52. The van der Waals surface area contributed by atoms with Crippen molar-refractivity contribution in [2.75, 3.05) is 66.0 Å². The molecule has 0 aliphatic carbocycles. The summed E-state index contributed by atoms with van der Waals surface area (Å²) in [5.41, 5.74) is -0.0717. The lowest BCUT2D eigenvalue weighted by atomic mass is 10.0. The summed E-state index contributed by atoms with van der Waals surface area (Å²) in [4.78, 5) is 9.68. The van der Waals surface area contributed by atoms with Crippen LogP contribution >= 0.6 is 24.0 Å². The van der Waals surface area contributed by atoms with Gasteiger partial charge in [0.2, 0.25) is 0 Å². The van der Waals surface area contributed by atoms with Gasteiger partial charge in [0.15, 0.2) is 5.96 Å². The molecule has 2 heterocycles. The van der Waals surface area contributed by atoms with Gasteiger partial charge >= 0.3 is 0 Å². The molecule has 24 heavy (non-hydrogen) atoms. The quantitative estimate of drug-likeness (QED) is 0.362. The van der Waals surface area contributed by atoms with Crippen molar-refractivity contribution in [3.05, 3.63) is 0 Å². The van der Waals surface area contributed by atoms with Gasteiger partial charge in [0.05, 0.1) is 12.1 Å². The second-order valence-corrected chi connectivity index (χ2v) is 7.02. The average Bonchev–Trinajstić information content (AvgIpc) is 2.86. The number of rotatable bonds is 6. The number of nitrogens with one attached hydrogen (secondary N) is 2. The lowest BCUT2D eigenvalue weighted by Crippen LogP contribution is -2.43. The van der Waals surface area contributed by atoms with Gasteiger partial charge in [0.25, 0.3) is 0 Å². The van der Waals surface area contributed by atoms with Gasteiger partial charge in [-0.2, -0.15) is 0 Å². The molecule has 2 N–H and O–H groups in total. The first-order chi connectivity index (χ1) is 11.1. The molecule has 0 aromatic heterocycles. The van der Waals surface area contributed by atoms with E-state index in [0.29, 0.717) is 0 Å². The highest BCUT2D eigenvalue weighted by molar-refractivity contribution is 14.0. The third-order valence-corrected chi connectivity index (χ3v) is 4.75. The van der Waals surface area contributed by atoms with Gasteiger partial charge in [-0.15, -0.1) is 24.0 Å². The van der Waals surface area contributed by atoms with E-state index in [4.69, 9.17) is 9.73 Å². The van der Waals surface area contributed by atoms with Crippen LogP contribution in [0.3, 0.4) is 0 Å². The monoisotopic (exact) mass is 453 g/mol. The highest BCUT2D eigenvalue weighted by atomic mass is 127. The van der Waals surface area contributed by atoms with E-state index >= 15 is 0 Å². The summed E-state index contributed by atoms with van der Waals surface area (Å²) in [6, 6.07) is 0. The smallest absolute Gasteiger partial charge is 0.191 e. The van der Waals surface area contributed by atoms with E-state index in [0.717, 1.165) is 58.1 Å². The minimum absolute atomic E-state index is 0. The summed E-state index contributed by atoms with van der Waals surface area (Å²) in [7, 11) is 2.21. The van der Waals surface area contributed by atoms with E-state index in [1.165, 1.54) is 26.1 Å². The standard InChI is InChI=1S/C17H35N5O.HI/c1-4-18-16(20-15-17(2)7-5-14-23-17)19-8-11-22-10-6-9-21(3)12-13-22;/h4-15H2,1-3H3,(H2,18,19,20);1H. The molecule has 1 unspecified atom stereocenters. The number of halogens is 1. The van der Waals surface area contributed by atoms with Crippen LogP contribution in [0.2, 0.25) is 0 Å². The summed E-state index contributed by atoms with van der Waals surface area (Å²) in [5.74, 6) is 0.913. The fourth-order valence-electron chi connectivity index (χ4n) is 3.21. The third kappa shape index (κ3) is 7.84. The Morgan fingerprint density at radius 2 is 2.00 bits per heavy atom. The van der Waals surface area contributed by atoms with Crippen molar-refractivity contribution in [2.45, 2.75) is 38.7 Å². The molecule has 0 aromatic carbocycles. The number of hydrogen-bond donors (Lipinski definition) is 2. The van der Waals surface area contributed by atoms with Gasteiger partial charge in [0.1, 0.15) is 0 Å². The van der Waals surface area contributed by atoms with Gasteiger partial charge in [-0.05, 0) is 53.2 Å². The van der Waals surface area contributed by atoms with Crippen molar-refractivity contribution < 1.29 is 4.74 Å². The molecule has 2 aliphatic rings. The van der Waals surface area contributed by atoms with Crippen molar-refractivity contribution >= 4 is 29.9 Å². The molecule has 6 nitrogen and oxygen atoms in total. The summed E-state index contributed by atoms with van der Waals surface area (Å²) >= 11 is 0. The molecule has 0 spiro atoms. The first kappa shape index (κ1) is 21.9. The number of guanidine groups is 1. The van der Waals surface area contributed by atoms with Crippen LogP contribution in [0, 0.1) is 0 Å². The molecule has 1 atom stereocenters. The Hall–Kier alpha value is -0.120. The zero-order valence-corrected chi connectivity index (χ0v) is 18.0. The molecule has 0 saturated carbocycles. The van der Waals surface area contributed by atoms with E-state index in [9.17, 15) is 0 Å². The number of likely N-dealkylation sites (N-methyl/N-ethyl adjacent to an activating group) is 1. The minimum atomic E-state index is -0.0717. The second kappa shape index (κ2) is 11.5. The van der Waals surface area contributed by atoms with Crippen molar-refractivity contribution in [1.29, 1.82) is 0 Å². The van der Waals surface area contributed by atoms with Crippen LogP contribution < -0.4 is 10.6 Å². The number of ether oxygens (including phenoxy) is 1. The fraction of sp³-hybridized carbons (Fsp3) is 0.941. The Balaban J connectivity index is 0.00000288. The molecular formula is C17H36IN5O. The lowest BCUT2D eigenvalue weighted by Gasteiger charge is -2.23. The predicted molar refractivity (Wildman–Crippen MR) is 112 cm³/mol. The Morgan fingerprint density at radius 3 is 2.71 bits per heavy atom. The Kier molecular flexibility index (Phi) is 10.5. The SMILES string of the molecule is CCNC(=NCC1(C)CCCO1)NCCN1CCCN(C)CC1.I. The molecule has 0 bridgehead atoms. The summed E-state index contributed by atoms with van der Waals surface area (Å²) in [6.45, 7) is 13.5. The predicted octanol–water partition coefficient (Wildman–Crippen LogP) is 1.37. The summed E-state index contributed by atoms with van der Waals surface area (Å²) in [5, 5.41) is 6.81. The average molecular weight is 453 g/mol. The number of aliphatic imine (C=N–C) groups is 1. The molecule has 7 heteroatoms. The largest absolute Gasteiger partial charge is 0.373 e. The molecule has 2 aliphatic heterocycles. The van der Waals surface area contributed by atoms with Crippen LogP contribution in [0.15, 0.2) is 4.99 Å². The van der Waals surface area contributed by atoms with Crippen LogP contribution in [-0.4, -0.2) is 87.4 Å². The highest BCUT2D eigenvalue weighted by Crippen LogP contribution is 2.24. The van der Waals surface area contributed by atoms with Crippen LogP contribution in [0.25, 0.3) is 0 Å². The Bertz CT molecular complexity index is 374. The van der Waals surface area contributed by atoms with Crippen molar-refractivity contribution in [3.8, 4) is 0 Å². The van der Waals surface area contributed by atoms with Gasteiger partial charge < -0.3 is 25.2 Å². The zero-order chi connectivity index (χ0) is 16.5. The number of hydrogen-bond acceptors (Lipinski definition) is 4. The molecule has 2 rings (SSSR count). The number of nitrogens with zero attached hydrogens (tertiary/aromatic N) is 3. The van der Waals surface area contributed by atoms with E-state index in [1.807, 2.05) is 0 Å². The normalized spacial score (nSPS) is 26.7. The third-order valence-electron chi connectivity index (χ3n) is 4.75. The maximum Gasteiger partial charge on any atom is 0.191 e. The van der Waals surface area contributed by atoms with Crippen LogP contribution in [0.1, 0.15) is 33.1 Å². The first-order valence-corrected chi connectivity index (χ1v) is 9.18. The van der Waals surface area contributed by atoms with E-state index in [1.54, 1.807) is 0 Å². The topological polar surface area (TPSA) is 52.1 Å². The molecule has 0 amide bonds. The van der Waals surface area contributed by atoms with E-state index in [2.05, 4.69) is 41.3 Å². The molecule has 2 fully saturated rings. The molecule has 142 valence electrons. The molecule has 2 saturated heterocycles. The maximum atomic E-state index is 5.82. The van der Waals surface area contributed by atoms with Gasteiger partial charge in [-0.1, -0.05) is 0 Å². The van der Waals surface area contributed by atoms with Crippen LogP contribution in [0.4, 0.5) is 0 Å². The van der Waals surface area contributed by atoms with Gasteiger partial charge in [0, 0.05) is 39.3 Å². The maximum absolute atomic E-state index is 5.82. The van der Waals surface area contributed by atoms with E-state index < -0.39 is 0 Å². The Morgan fingerprint density at radius 1 is 1.17 bits per heavy atom. The highest BCUT2D eigenvalue weighted by Gasteiger charge is 2.29. The Labute approximate surface area is 164 Å². The lowest BCUT2D eigenvalue weighted by molar-refractivity contribution is 0.0283. The second-order valence-electron chi connectivity index (χ2n) is 7.02. The first-order valence-electron chi connectivity index (χ1n) is 9.18. The fourth-order valence-corrected chi connectivity index (χ4v) is 3.21. The van der Waals surface area contributed by atoms with Gasteiger partial charge in [-0.25, -0.2) is 0 Å². The van der Waals surface area contributed by atoms with Crippen molar-refractivity contribution in [2.24, 2.45) is 4.99 Å². The van der Waals surface area contributed by atoms with Crippen molar-refractivity contribution in [3.63, 3.8) is 0 Å². The molecular weight excluding hydrogens is 417 g/mol.